The summed E-state index contributed by atoms with van der Waals surface area (Å²) in [5, 5.41) is 3.97. The predicted octanol–water partition coefficient (Wildman–Crippen LogP) is 0.384. The molecule has 5 heteroatoms. The zero-order chi connectivity index (χ0) is 9.44. The van der Waals surface area contributed by atoms with Crippen LogP contribution in [-0.4, -0.2) is 18.1 Å². The fraction of sp³-hybridized carbons (Fsp3) is 0.833. The van der Waals surface area contributed by atoms with Crippen molar-refractivity contribution < 1.29 is 9.53 Å². The van der Waals surface area contributed by atoms with Gasteiger partial charge in [0, 0.05) is 0 Å². The highest BCUT2D eigenvalue weighted by molar-refractivity contribution is 6.11. The molecule has 0 aliphatic rings. The summed E-state index contributed by atoms with van der Waals surface area (Å²) < 4.78 is 4.75. The molecule has 4 nitrogen and oxygen atoms in total. The minimum absolute atomic E-state index is 0.0662. The lowest BCUT2D eigenvalue weighted by Gasteiger charge is -2.08. The van der Waals surface area contributed by atoms with Gasteiger partial charge in [-0.05, 0) is 32.5 Å². The summed E-state index contributed by atoms with van der Waals surface area (Å²) in [6.07, 6.45) is -0.0662. The summed E-state index contributed by atoms with van der Waals surface area (Å²) in [5.74, 6) is -0.343. The molecule has 68 valence electrons. The van der Waals surface area contributed by atoms with Crippen molar-refractivity contribution in [1.82, 2.24) is 0 Å². The first-order chi connectivity index (χ1) is 5.04. The molecule has 0 aromatic rings. The Kier molecular flexibility index (Phi) is 9.40. The van der Waals surface area contributed by atoms with E-state index < -0.39 is 6.04 Å². The van der Waals surface area contributed by atoms with Crippen LogP contribution in [0.15, 0.2) is 0 Å². The van der Waals surface area contributed by atoms with Crippen LogP contribution in [0.25, 0.3) is 0 Å². The molecule has 0 aliphatic heterocycles. The van der Waals surface area contributed by atoms with E-state index in [1.54, 1.807) is 20.8 Å². The molecule has 0 aromatic heterocycles. The normalized spacial score (nSPS) is 11.5. The maximum atomic E-state index is 10.6. The molecule has 0 rings (SSSR count). The van der Waals surface area contributed by atoms with Crippen molar-refractivity contribution in [1.29, 1.82) is 0 Å². The van der Waals surface area contributed by atoms with Crippen LogP contribution in [0.4, 0.5) is 0 Å². The average molecular weight is 183 g/mol. The lowest BCUT2D eigenvalue weighted by Crippen LogP contribution is -2.30. The summed E-state index contributed by atoms with van der Waals surface area (Å²) in [6.45, 7) is 5.19. The van der Waals surface area contributed by atoms with E-state index in [9.17, 15) is 4.79 Å². The van der Waals surface area contributed by atoms with Crippen LogP contribution < -0.4 is 11.0 Å². The minimum atomic E-state index is -0.507. The van der Waals surface area contributed by atoms with E-state index in [2.05, 4.69) is 17.0 Å². The zero-order valence-electron chi connectivity index (χ0n) is 7.00. The molecule has 4 N–H and O–H groups in total. The van der Waals surface area contributed by atoms with Gasteiger partial charge in [-0.3, -0.25) is 4.79 Å². The molecule has 1 atom stereocenters. The Balaban J connectivity index is 0. The van der Waals surface area contributed by atoms with Crippen LogP contribution >= 0.6 is 11.8 Å². The molecular formula is C6H15ClN2O2. The van der Waals surface area contributed by atoms with Crippen LogP contribution in [0, 0.1) is 0 Å². The molecule has 0 heterocycles. The lowest BCUT2D eigenvalue weighted by atomic mass is 10.4. The highest BCUT2D eigenvalue weighted by Gasteiger charge is 2.09. The summed E-state index contributed by atoms with van der Waals surface area (Å²) in [4.78, 5) is 10.6. The number of nitrogens with two attached hydrogens (primary N) is 2. The molecule has 0 aromatic carbocycles. The SMILES string of the molecule is CC(C)OC(=O)[C@@H](C)N.NCl. The first-order valence-electron chi connectivity index (χ1n) is 3.22. The van der Waals surface area contributed by atoms with Gasteiger partial charge < -0.3 is 10.5 Å². The first-order valence-corrected chi connectivity index (χ1v) is 3.65. The van der Waals surface area contributed by atoms with Gasteiger partial charge in [0.1, 0.15) is 6.04 Å². The number of ether oxygens (including phenoxy) is 1. The Hall–Kier alpha value is -0.320. The number of hydrogen-bond acceptors (Lipinski definition) is 4. The third kappa shape index (κ3) is 9.68. The second-order valence-electron chi connectivity index (χ2n) is 2.27. The van der Waals surface area contributed by atoms with Gasteiger partial charge in [-0.25, -0.2) is 5.25 Å². The van der Waals surface area contributed by atoms with E-state index >= 15 is 0 Å². The average Bonchev–Trinajstić information content (AvgIpc) is 1.90. The summed E-state index contributed by atoms with van der Waals surface area (Å²) in [7, 11) is 0. The molecule has 0 radical (unpaired) electrons. The van der Waals surface area contributed by atoms with E-state index in [1.807, 2.05) is 0 Å². The second kappa shape index (κ2) is 7.78. The van der Waals surface area contributed by atoms with Crippen molar-refractivity contribution in [2.75, 3.05) is 0 Å². The van der Waals surface area contributed by atoms with Gasteiger partial charge in [0.2, 0.25) is 0 Å². The van der Waals surface area contributed by atoms with Gasteiger partial charge in [0.05, 0.1) is 6.10 Å². The molecule has 0 fully saturated rings. The van der Waals surface area contributed by atoms with Crippen molar-refractivity contribution in [3.05, 3.63) is 0 Å². The predicted molar refractivity (Wildman–Crippen MR) is 44.9 cm³/mol. The van der Waals surface area contributed by atoms with Gasteiger partial charge in [-0.1, -0.05) is 0 Å². The third-order valence-electron chi connectivity index (χ3n) is 0.724. The molecule has 0 bridgehead atoms. The number of carbonyl (C=O) groups is 1. The van der Waals surface area contributed by atoms with E-state index in [0.717, 1.165) is 0 Å². The lowest BCUT2D eigenvalue weighted by molar-refractivity contribution is -0.148. The molecule has 0 amide bonds. The Morgan fingerprint density at radius 2 is 1.73 bits per heavy atom. The van der Waals surface area contributed by atoms with Crippen LogP contribution in [0.1, 0.15) is 20.8 Å². The largest absolute Gasteiger partial charge is 0.462 e. The Labute approximate surface area is 71.9 Å². The van der Waals surface area contributed by atoms with Crippen LogP contribution in [0.2, 0.25) is 0 Å². The van der Waals surface area contributed by atoms with Gasteiger partial charge in [-0.15, -0.1) is 0 Å². The van der Waals surface area contributed by atoms with Crippen molar-refractivity contribution in [2.24, 2.45) is 11.0 Å². The Bertz CT molecular complexity index is 107. The number of halogens is 1. The number of carbonyl (C=O) groups excluding carboxylic acids is 1. The van der Waals surface area contributed by atoms with Gasteiger partial charge >= 0.3 is 5.97 Å². The van der Waals surface area contributed by atoms with Crippen molar-refractivity contribution in [3.63, 3.8) is 0 Å². The van der Waals surface area contributed by atoms with Crippen molar-refractivity contribution >= 4 is 17.7 Å². The summed E-state index contributed by atoms with van der Waals surface area (Å²) in [5.41, 5.74) is 5.21. The summed E-state index contributed by atoms with van der Waals surface area (Å²) in [6, 6.07) is -0.507. The quantitative estimate of drug-likeness (QED) is 0.478. The van der Waals surface area contributed by atoms with Crippen LogP contribution in [0.3, 0.4) is 0 Å². The smallest absolute Gasteiger partial charge is 0.322 e. The molecule has 0 unspecified atom stereocenters. The number of rotatable bonds is 2. The van der Waals surface area contributed by atoms with Crippen LogP contribution in [-0.2, 0) is 9.53 Å². The number of esters is 1. The number of hydrogen-bond donors (Lipinski definition) is 2. The van der Waals surface area contributed by atoms with Crippen molar-refractivity contribution in [2.45, 2.75) is 32.9 Å². The second-order valence-corrected chi connectivity index (χ2v) is 2.27. The zero-order valence-corrected chi connectivity index (χ0v) is 7.76. The standard InChI is InChI=1S/C6H13NO2.ClH2N/c1-4(2)9-6(8)5(3)7;1-2/h4-5H,7H2,1-3H3;2H2/t5-;/m1./s1. The van der Waals surface area contributed by atoms with E-state index in [0.29, 0.717) is 0 Å². The monoisotopic (exact) mass is 182 g/mol. The highest BCUT2D eigenvalue weighted by atomic mass is 35.5. The molecule has 0 spiro atoms. The first kappa shape index (κ1) is 13.3. The van der Waals surface area contributed by atoms with Crippen molar-refractivity contribution in [3.8, 4) is 0 Å². The molecule has 0 saturated heterocycles. The fourth-order valence-corrected chi connectivity index (χ4v) is 0.340. The minimum Gasteiger partial charge on any atom is -0.462 e. The van der Waals surface area contributed by atoms with Gasteiger partial charge in [0.25, 0.3) is 0 Å². The van der Waals surface area contributed by atoms with Gasteiger partial charge in [0.15, 0.2) is 0 Å². The molecule has 11 heavy (non-hydrogen) atoms. The van der Waals surface area contributed by atoms with E-state index in [1.165, 1.54) is 0 Å². The third-order valence-corrected chi connectivity index (χ3v) is 0.724. The van der Waals surface area contributed by atoms with Crippen LogP contribution in [0.5, 0.6) is 0 Å². The molecule has 0 saturated carbocycles. The Morgan fingerprint density at radius 3 is 1.82 bits per heavy atom. The Morgan fingerprint density at radius 1 is 1.36 bits per heavy atom. The maximum Gasteiger partial charge on any atom is 0.322 e. The molecule has 0 aliphatic carbocycles. The van der Waals surface area contributed by atoms with E-state index in [-0.39, 0.29) is 12.1 Å². The maximum absolute atomic E-state index is 10.6. The summed E-state index contributed by atoms with van der Waals surface area (Å²) >= 11 is 4.14. The van der Waals surface area contributed by atoms with Gasteiger partial charge in [-0.2, -0.15) is 0 Å². The topological polar surface area (TPSA) is 78.3 Å². The molecular weight excluding hydrogens is 168 g/mol. The van der Waals surface area contributed by atoms with E-state index in [4.69, 9.17) is 10.5 Å². The highest BCUT2D eigenvalue weighted by Crippen LogP contribution is 1.90. The fourth-order valence-electron chi connectivity index (χ4n) is 0.340.